The molecule has 0 spiro atoms. The molecule has 1 aromatic heterocycles. The Labute approximate surface area is 199 Å². The Kier molecular flexibility index (Phi) is 7.88. The standard InChI is InChI=1S/C24H22ClF3N2O4/c1-15-21(11-25)30(12-16-7-9-18(10-8-16)24(26,27)28)29-22(15)34-13-17-5-3-4-6-19(17)20(14-33-2)23(31)32/h3-10,14H,11-13H2,1-2H3,(H,31,32)/b20-14+. The van der Waals surface area contributed by atoms with E-state index in [2.05, 4.69) is 5.10 Å². The van der Waals surface area contributed by atoms with Crippen molar-refractivity contribution < 1.29 is 32.5 Å². The van der Waals surface area contributed by atoms with Gasteiger partial charge in [-0.3, -0.25) is 4.68 Å². The fraction of sp³-hybridized carbons (Fsp3) is 0.250. The Balaban J connectivity index is 1.83. The largest absolute Gasteiger partial charge is 0.503 e. The highest BCUT2D eigenvalue weighted by molar-refractivity contribution is 6.17. The van der Waals surface area contributed by atoms with Gasteiger partial charge in [0.2, 0.25) is 5.88 Å². The third kappa shape index (κ3) is 5.72. The number of alkyl halides is 4. The minimum Gasteiger partial charge on any atom is -0.503 e. The van der Waals surface area contributed by atoms with Crippen molar-refractivity contribution in [3.05, 3.63) is 88.3 Å². The first-order valence-corrected chi connectivity index (χ1v) is 10.6. The number of aliphatic carboxylic acids is 1. The molecule has 180 valence electrons. The van der Waals surface area contributed by atoms with Gasteiger partial charge in [0.15, 0.2) is 0 Å². The van der Waals surface area contributed by atoms with Gasteiger partial charge in [0.25, 0.3) is 0 Å². The highest BCUT2D eigenvalue weighted by atomic mass is 35.5. The summed E-state index contributed by atoms with van der Waals surface area (Å²) in [6, 6.07) is 11.7. The van der Waals surface area contributed by atoms with Gasteiger partial charge in [-0.1, -0.05) is 36.4 Å². The number of carboxylic acid groups (broad SMARTS) is 1. The molecule has 0 atom stereocenters. The number of aromatic nitrogens is 2. The summed E-state index contributed by atoms with van der Waals surface area (Å²) in [7, 11) is 1.36. The maximum Gasteiger partial charge on any atom is 0.416 e. The van der Waals surface area contributed by atoms with Crippen molar-refractivity contribution in [1.82, 2.24) is 9.78 Å². The summed E-state index contributed by atoms with van der Waals surface area (Å²) in [4.78, 5) is 11.6. The lowest BCUT2D eigenvalue weighted by Crippen LogP contribution is -2.08. The Morgan fingerprint density at radius 3 is 2.44 bits per heavy atom. The number of benzene rings is 2. The topological polar surface area (TPSA) is 73.6 Å². The summed E-state index contributed by atoms with van der Waals surface area (Å²) >= 11 is 6.10. The highest BCUT2D eigenvalue weighted by Gasteiger charge is 2.30. The molecule has 0 aliphatic carbocycles. The van der Waals surface area contributed by atoms with Crippen LogP contribution < -0.4 is 4.74 Å². The molecular formula is C24H22ClF3N2O4. The molecule has 0 amide bonds. The molecule has 0 fully saturated rings. The second kappa shape index (κ2) is 10.6. The first-order chi connectivity index (χ1) is 16.2. The van der Waals surface area contributed by atoms with Crippen molar-refractivity contribution >= 4 is 23.1 Å². The van der Waals surface area contributed by atoms with E-state index in [1.165, 1.54) is 19.2 Å². The molecule has 0 unspecified atom stereocenters. The van der Waals surface area contributed by atoms with E-state index < -0.39 is 17.7 Å². The van der Waals surface area contributed by atoms with Gasteiger partial charge in [-0.15, -0.1) is 16.7 Å². The number of ether oxygens (including phenoxy) is 2. The summed E-state index contributed by atoms with van der Waals surface area (Å²) in [5.41, 5.74) is 2.27. The number of carboxylic acids is 1. The molecule has 2 aromatic carbocycles. The van der Waals surface area contributed by atoms with Crippen molar-refractivity contribution in [2.45, 2.75) is 32.1 Å². The SMILES string of the molecule is CO/C=C(/C(=O)O)c1ccccc1COc1nn(Cc2ccc(C(F)(F)F)cc2)c(CCl)c1C. The van der Waals surface area contributed by atoms with E-state index in [4.69, 9.17) is 21.1 Å². The molecule has 3 rings (SSSR count). The fourth-order valence-corrected chi connectivity index (χ4v) is 3.71. The molecular weight excluding hydrogens is 473 g/mol. The number of hydrogen-bond acceptors (Lipinski definition) is 4. The van der Waals surface area contributed by atoms with Crippen LogP contribution in [0.4, 0.5) is 13.2 Å². The van der Waals surface area contributed by atoms with Gasteiger partial charge in [0.05, 0.1) is 37.1 Å². The van der Waals surface area contributed by atoms with Gasteiger partial charge >= 0.3 is 12.1 Å². The lowest BCUT2D eigenvalue weighted by Gasteiger charge is -2.11. The number of rotatable bonds is 9. The van der Waals surface area contributed by atoms with E-state index in [0.717, 1.165) is 18.4 Å². The first-order valence-electron chi connectivity index (χ1n) is 10.1. The van der Waals surface area contributed by atoms with E-state index in [9.17, 15) is 23.1 Å². The zero-order chi connectivity index (χ0) is 24.9. The van der Waals surface area contributed by atoms with Crippen LogP contribution in [0.15, 0.2) is 54.8 Å². The highest BCUT2D eigenvalue weighted by Crippen LogP contribution is 2.30. The molecule has 34 heavy (non-hydrogen) atoms. The third-order valence-electron chi connectivity index (χ3n) is 5.15. The van der Waals surface area contributed by atoms with Gasteiger partial charge in [-0.2, -0.15) is 13.2 Å². The lowest BCUT2D eigenvalue weighted by atomic mass is 10.0. The maximum absolute atomic E-state index is 12.8. The van der Waals surface area contributed by atoms with Crippen molar-refractivity contribution in [3.8, 4) is 5.88 Å². The molecule has 1 N–H and O–H groups in total. The Morgan fingerprint density at radius 1 is 1.18 bits per heavy atom. The number of methoxy groups -OCH3 is 1. The first kappa shape index (κ1) is 25.2. The molecule has 0 radical (unpaired) electrons. The number of carbonyl (C=O) groups is 1. The molecule has 6 nitrogen and oxygen atoms in total. The summed E-state index contributed by atoms with van der Waals surface area (Å²) < 4.78 is 50.8. The molecule has 3 aromatic rings. The zero-order valence-corrected chi connectivity index (χ0v) is 19.2. The molecule has 0 saturated heterocycles. The monoisotopic (exact) mass is 494 g/mol. The van der Waals surface area contributed by atoms with Crippen LogP contribution >= 0.6 is 11.6 Å². The van der Waals surface area contributed by atoms with Crippen molar-refractivity contribution in [2.24, 2.45) is 0 Å². The molecule has 10 heteroatoms. The predicted molar refractivity (Wildman–Crippen MR) is 120 cm³/mol. The van der Waals surface area contributed by atoms with Crippen LogP contribution in [0.5, 0.6) is 5.88 Å². The Morgan fingerprint density at radius 2 is 1.85 bits per heavy atom. The van der Waals surface area contributed by atoms with Gasteiger partial charge < -0.3 is 14.6 Å². The molecule has 0 bridgehead atoms. The van der Waals surface area contributed by atoms with Gasteiger partial charge in [0.1, 0.15) is 12.2 Å². The second-order valence-corrected chi connectivity index (χ2v) is 7.65. The van der Waals surface area contributed by atoms with E-state index in [0.29, 0.717) is 33.8 Å². The minimum absolute atomic E-state index is 0.0206. The van der Waals surface area contributed by atoms with Crippen LogP contribution in [0.3, 0.4) is 0 Å². The van der Waals surface area contributed by atoms with Crippen molar-refractivity contribution in [3.63, 3.8) is 0 Å². The molecule has 1 heterocycles. The molecule has 0 aliphatic heterocycles. The smallest absolute Gasteiger partial charge is 0.416 e. The van der Waals surface area contributed by atoms with E-state index in [1.807, 2.05) is 0 Å². The number of nitrogens with zero attached hydrogens (tertiary/aromatic N) is 2. The quantitative estimate of drug-likeness (QED) is 0.236. The Bertz CT molecular complexity index is 1190. The summed E-state index contributed by atoms with van der Waals surface area (Å²) in [6.45, 7) is 2.02. The minimum atomic E-state index is -4.40. The average Bonchev–Trinajstić information content (AvgIpc) is 3.09. The molecule has 0 saturated carbocycles. The van der Waals surface area contributed by atoms with Crippen LogP contribution in [0, 0.1) is 6.92 Å². The van der Waals surface area contributed by atoms with Gasteiger partial charge in [-0.25, -0.2) is 4.79 Å². The van der Waals surface area contributed by atoms with Crippen LogP contribution in [-0.2, 0) is 34.7 Å². The maximum atomic E-state index is 12.8. The molecule has 0 aliphatic rings. The van der Waals surface area contributed by atoms with Crippen LogP contribution in [0.25, 0.3) is 5.57 Å². The van der Waals surface area contributed by atoms with Crippen LogP contribution in [0.1, 0.15) is 33.5 Å². The van der Waals surface area contributed by atoms with Crippen LogP contribution in [-0.4, -0.2) is 28.0 Å². The zero-order valence-electron chi connectivity index (χ0n) is 18.4. The van der Waals surface area contributed by atoms with E-state index in [1.54, 1.807) is 35.9 Å². The summed E-state index contributed by atoms with van der Waals surface area (Å²) in [5.74, 6) is -0.722. The number of halogens is 4. The summed E-state index contributed by atoms with van der Waals surface area (Å²) in [5, 5.41) is 13.9. The van der Waals surface area contributed by atoms with E-state index in [-0.39, 0.29) is 24.6 Å². The predicted octanol–water partition coefficient (Wildman–Crippen LogP) is 5.65. The van der Waals surface area contributed by atoms with Crippen molar-refractivity contribution in [1.29, 1.82) is 0 Å². The van der Waals surface area contributed by atoms with E-state index >= 15 is 0 Å². The average molecular weight is 495 g/mol. The fourth-order valence-electron chi connectivity index (χ4n) is 3.37. The normalized spacial score (nSPS) is 12.0. The van der Waals surface area contributed by atoms with Crippen LogP contribution in [0.2, 0.25) is 0 Å². The van der Waals surface area contributed by atoms with Gasteiger partial charge in [-0.05, 0) is 35.7 Å². The second-order valence-electron chi connectivity index (χ2n) is 7.38. The number of hydrogen-bond donors (Lipinski definition) is 1. The Hall–Kier alpha value is -3.46. The van der Waals surface area contributed by atoms with Gasteiger partial charge in [0, 0.05) is 5.56 Å². The summed E-state index contributed by atoms with van der Waals surface area (Å²) in [6.07, 6.45) is -3.25. The van der Waals surface area contributed by atoms with Crippen molar-refractivity contribution in [2.75, 3.05) is 7.11 Å². The lowest BCUT2D eigenvalue weighted by molar-refractivity contribution is -0.137. The third-order valence-corrected chi connectivity index (χ3v) is 5.41.